The van der Waals surface area contributed by atoms with Crippen molar-refractivity contribution in [2.75, 3.05) is 25.0 Å². The highest BCUT2D eigenvalue weighted by molar-refractivity contribution is 5.50. The van der Waals surface area contributed by atoms with E-state index in [0.717, 1.165) is 25.2 Å². The van der Waals surface area contributed by atoms with Gasteiger partial charge in [0.25, 0.3) is 5.69 Å². The van der Waals surface area contributed by atoms with Crippen molar-refractivity contribution in [3.05, 3.63) is 34.4 Å². The minimum atomic E-state index is -0.361. The Labute approximate surface area is 120 Å². The Balaban J connectivity index is 1.73. The van der Waals surface area contributed by atoms with Crippen molar-refractivity contribution in [3.63, 3.8) is 0 Å². The number of non-ortho nitro benzene ring substituents is 1. The molecule has 1 fully saturated rings. The molecule has 1 aromatic carbocycles. The quantitative estimate of drug-likeness (QED) is 0.492. The van der Waals surface area contributed by atoms with E-state index in [1.807, 2.05) is 6.07 Å². The van der Waals surface area contributed by atoms with Crippen LogP contribution >= 0.6 is 0 Å². The number of piperidine rings is 1. The normalized spacial score (nSPS) is 19.8. The first-order valence-electron chi connectivity index (χ1n) is 7.39. The Hall–Kier alpha value is -1.62. The van der Waals surface area contributed by atoms with Crippen LogP contribution in [0, 0.1) is 10.1 Å². The van der Waals surface area contributed by atoms with Crippen LogP contribution in [0.25, 0.3) is 0 Å². The van der Waals surface area contributed by atoms with Gasteiger partial charge in [-0.25, -0.2) is 0 Å². The Morgan fingerprint density at radius 1 is 1.45 bits per heavy atom. The molecule has 20 heavy (non-hydrogen) atoms. The van der Waals surface area contributed by atoms with Crippen LogP contribution in [0.15, 0.2) is 24.3 Å². The first-order valence-corrected chi connectivity index (χ1v) is 7.39. The van der Waals surface area contributed by atoms with Crippen LogP contribution in [0.2, 0.25) is 0 Å². The lowest BCUT2D eigenvalue weighted by Gasteiger charge is -2.33. The SMILES string of the molecule is CC1CCCCN1CCCNc1cccc([N+](=O)[O-])c1. The van der Waals surface area contributed by atoms with E-state index >= 15 is 0 Å². The van der Waals surface area contributed by atoms with E-state index in [4.69, 9.17) is 0 Å². The number of anilines is 1. The molecule has 1 aliphatic heterocycles. The summed E-state index contributed by atoms with van der Waals surface area (Å²) in [5.74, 6) is 0. The van der Waals surface area contributed by atoms with Gasteiger partial charge in [0.1, 0.15) is 0 Å². The molecule has 1 aromatic rings. The topological polar surface area (TPSA) is 58.4 Å². The van der Waals surface area contributed by atoms with E-state index < -0.39 is 0 Å². The Kier molecular flexibility index (Phi) is 5.35. The molecule has 5 heteroatoms. The molecule has 1 unspecified atom stereocenters. The zero-order chi connectivity index (χ0) is 14.4. The molecule has 2 rings (SSSR count). The van der Waals surface area contributed by atoms with E-state index in [2.05, 4.69) is 17.1 Å². The predicted octanol–water partition coefficient (Wildman–Crippen LogP) is 3.27. The third-order valence-corrected chi connectivity index (χ3v) is 3.95. The van der Waals surface area contributed by atoms with Crippen molar-refractivity contribution < 1.29 is 4.92 Å². The maximum atomic E-state index is 10.7. The molecule has 0 spiro atoms. The lowest BCUT2D eigenvalue weighted by molar-refractivity contribution is -0.384. The number of nitro groups is 1. The van der Waals surface area contributed by atoms with Gasteiger partial charge in [-0.15, -0.1) is 0 Å². The van der Waals surface area contributed by atoms with E-state index in [-0.39, 0.29) is 10.6 Å². The molecule has 1 N–H and O–H groups in total. The van der Waals surface area contributed by atoms with E-state index in [9.17, 15) is 10.1 Å². The van der Waals surface area contributed by atoms with Gasteiger partial charge in [0.05, 0.1) is 4.92 Å². The summed E-state index contributed by atoms with van der Waals surface area (Å²) >= 11 is 0. The number of nitrogens with zero attached hydrogens (tertiary/aromatic N) is 2. The number of rotatable bonds is 6. The molecule has 0 amide bonds. The van der Waals surface area contributed by atoms with Crippen LogP contribution in [-0.4, -0.2) is 35.5 Å². The zero-order valence-corrected chi connectivity index (χ0v) is 12.0. The van der Waals surface area contributed by atoms with Gasteiger partial charge in [-0.1, -0.05) is 12.5 Å². The van der Waals surface area contributed by atoms with Crippen LogP contribution in [0.1, 0.15) is 32.6 Å². The van der Waals surface area contributed by atoms with Crippen LogP contribution < -0.4 is 5.32 Å². The van der Waals surface area contributed by atoms with Crippen molar-refractivity contribution in [3.8, 4) is 0 Å². The third-order valence-electron chi connectivity index (χ3n) is 3.95. The largest absolute Gasteiger partial charge is 0.385 e. The average molecular weight is 277 g/mol. The molecular weight excluding hydrogens is 254 g/mol. The molecule has 0 aromatic heterocycles. The molecule has 0 bridgehead atoms. The average Bonchev–Trinajstić information content (AvgIpc) is 2.45. The van der Waals surface area contributed by atoms with Gasteiger partial charge >= 0.3 is 0 Å². The van der Waals surface area contributed by atoms with Crippen molar-refractivity contribution in [1.29, 1.82) is 0 Å². The first-order chi connectivity index (χ1) is 9.66. The van der Waals surface area contributed by atoms with Gasteiger partial charge in [0.15, 0.2) is 0 Å². The molecule has 1 aliphatic rings. The summed E-state index contributed by atoms with van der Waals surface area (Å²) < 4.78 is 0. The fraction of sp³-hybridized carbons (Fsp3) is 0.600. The van der Waals surface area contributed by atoms with Gasteiger partial charge in [0.2, 0.25) is 0 Å². The van der Waals surface area contributed by atoms with Crippen LogP contribution in [0.4, 0.5) is 11.4 Å². The lowest BCUT2D eigenvalue weighted by atomic mass is 10.0. The zero-order valence-electron chi connectivity index (χ0n) is 12.0. The third kappa shape index (κ3) is 4.20. The summed E-state index contributed by atoms with van der Waals surface area (Å²) in [4.78, 5) is 12.9. The van der Waals surface area contributed by atoms with Gasteiger partial charge in [-0.3, -0.25) is 10.1 Å². The van der Waals surface area contributed by atoms with Crippen molar-refractivity contribution in [2.45, 2.75) is 38.6 Å². The standard InChI is InChI=1S/C15H23N3O2/c1-13-6-2-3-10-17(13)11-5-9-16-14-7-4-8-15(12-14)18(19)20/h4,7-8,12-13,16H,2-3,5-6,9-11H2,1H3. The van der Waals surface area contributed by atoms with Crippen LogP contribution in [0.3, 0.4) is 0 Å². The van der Waals surface area contributed by atoms with Crippen molar-refractivity contribution >= 4 is 11.4 Å². The maximum Gasteiger partial charge on any atom is 0.271 e. The molecular formula is C15H23N3O2. The summed E-state index contributed by atoms with van der Waals surface area (Å²) in [5.41, 5.74) is 0.963. The summed E-state index contributed by atoms with van der Waals surface area (Å²) in [7, 11) is 0. The summed E-state index contributed by atoms with van der Waals surface area (Å²) in [6, 6.07) is 7.38. The lowest BCUT2D eigenvalue weighted by Crippen LogP contribution is -2.38. The van der Waals surface area contributed by atoms with E-state index in [1.165, 1.54) is 31.9 Å². The van der Waals surface area contributed by atoms with Gasteiger partial charge < -0.3 is 10.2 Å². The number of hydrogen-bond donors (Lipinski definition) is 1. The highest BCUT2D eigenvalue weighted by Gasteiger charge is 2.17. The molecule has 0 aliphatic carbocycles. The highest BCUT2D eigenvalue weighted by atomic mass is 16.6. The maximum absolute atomic E-state index is 10.7. The smallest absolute Gasteiger partial charge is 0.271 e. The van der Waals surface area contributed by atoms with Gasteiger partial charge in [0, 0.05) is 37.0 Å². The fourth-order valence-electron chi connectivity index (χ4n) is 2.73. The molecule has 1 heterocycles. The number of nitrogens with one attached hydrogen (secondary N) is 1. The van der Waals surface area contributed by atoms with Gasteiger partial charge in [-0.05, 0) is 38.8 Å². The van der Waals surface area contributed by atoms with Crippen LogP contribution in [0.5, 0.6) is 0 Å². The molecule has 110 valence electrons. The first kappa shape index (κ1) is 14.8. The Bertz CT molecular complexity index is 450. The minimum absolute atomic E-state index is 0.139. The summed E-state index contributed by atoms with van der Waals surface area (Å²) in [5, 5.41) is 14.0. The number of likely N-dealkylation sites (tertiary alicyclic amines) is 1. The Morgan fingerprint density at radius 3 is 3.05 bits per heavy atom. The summed E-state index contributed by atoms with van der Waals surface area (Å²) in [6.07, 6.45) is 5.03. The molecule has 0 saturated carbocycles. The minimum Gasteiger partial charge on any atom is -0.385 e. The Morgan fingerprint density at radius 2 is 2.30 bits per heavy atom. The number of nitro benzene ring substituents is 1. The number of hydrogen-bond acceptors (Lipinski definition) is 4. The highest BCUT2D eigenvalue weighted by Crippen LogP contribution is 2.18. The summed E-state index contributed by atoms with van der Waals surface area (Å²) in [6.45, 7) is 5.46. The van der Waals surface area contributed by atoms with E-state index in [1.54, 1.807) is 12.1 Å². The molecule has 5 nitrogen and oxygen atoms in total. The molecule has 1 saturated heterocycles. The monoisotopic (exact) mass is 277 g/mol. The second-order valence-corrected chi connectivity index (χ2v) is 5.47. The second-order valence-electron chi connectivity index (χ2n) is 5.47. The van der Waals surface area contributed by atoms with Gasteiger partial charge in [-0.2, -0.15) is 0 Å². The number of benzene rings is 1. The van der Waals surface area contributed by atoms with Crippen molar-refractivity contribution in [1.82, 2.24) is 4.90 Å². The molecule has 0 radical (unpaired) electrons. The predicted molar refractivity (Wildman–Crippen MR) is 81.1 cm³/mol. The fourth-order valence-corrected chi connectivity index (χ4v) is 2.73. The second kappa shape index (κ2) is 7.24. The van der Waals surface area contributed by atoms with E-state index in [0.29, 0.717) is 6.04 Å². The van der Waals surface area contributed by atoms with Crippen LogP contribution in [-0.2, 0) is 0 Å². The van der Waals surface area contributed by atoms with Crippen molar-refractivity contribution in [2.24, 2.45) is 0 Å². The molecule has 1 atom stereocenters.